The van der Waals surface area contributed by atoms with Gasteiger partial charge in [-0.2, -0.15) is 0 Å². The molecule has 1 aromatic heterocycles. The van der Waals surface area contributed by atoms with Crippen LogP contribution < -0.4 is 0 Å². The highest BCUT2D eigenvalue weighted by atomic mass is 32.2. The SMILES string of the molecule is Cc1cc(C(=O)CSc2ccccc2)c(C)n1[C@H]1CCS(=O)(=O)C1. The van der Waals surface area contributed by atoms with Crippen molar-refractivity contribution in [3.63, 3.8) is 0 Å². The Kier molecular flexibility index (Phi) is 4.88. The second-order valence-electron chi connectivity index (χ2n) is 6.24. The van der Waals surface area contributed by atoms with Crippen LogP contribution in [0.3, 0.4) is 0 Å². The number of Topliss-reactive ketones (excluding diaryl/α,β-unsaturated/α-hetero) is 1. The lowest BCUT2D eigenvalue weighted by molar-refractivity contribution is 0.102. The minimum atomic E-state index is -2.94. The smallest absolute Gasteiger partial charge is 0.174 e. The first kappa shape index (κ1) is 17.3. The van der Waals surface area contributed by atoms with Crippen LogP contribution in [0.5, 0.6) is 0 Å². The van der Waals surface area contributed by atoms with Gasteiger partial charge in [-0.25, -0.2) is 8.42 Å². The first-order valence-corrected chi connectivity index (χ1v) is 10.8. The van der Waals surface area contributed by atoms with Gasteiger partial charge in [-0.05, 0) is 38.5 Å². The fraction of sp³-hybridized carbons (Fsp3) is 0.389. The van der Waals surface area contributed by atoms with Crippen LogP contribution in [0, 0.1) is 13.8 Å². The molecule has 0 aliphatic carbocycles. The molecule has 2 aromatic rings. The van der Waals surface area contributed by atoms with Gasteiger partial charge < -0.3 is 4.57 Å². The fourth-order valence-corrected chi connectivity index (χ4v) is 5.85. The Morgan fingerprint density at radius 2 is 1.96 bits per heavy atom. The van der Waals surface area contributed by atoms with Gasteiger partial charge in [0.1, 0.15) is 0 Å². The lowest BCUT2D eigenvalue weighted by Gasteiger charge is -2.16. The maximum absolute atomic E-state index is 12.6. The number of nitrogens with zero attached hydrogens (tertiary/aromatic N) is 1. The Hall–Kier alpha value is -1.53. The van der Waals surface area contributed by atoms with Crippen LogP contribution in [0.15, 0.2) is 41.3 Å². The molecule has 2 heterocycles. The summed E-state index contributed by atoms with van der Waals surface area (Å²) in [6.07, 6.45) is 0.630. The highest BCUT2D eigenvalue weighted by Crippen LogP contribution is 2.30. The molecule has 0 spiro atoms. The number of aromatic nitrogens is 1. The number of hydrogen-bond donors (Lipinski definition) is 0. The van der Waals surface area contributed by atoms with Gasteiger partial charge in [-0.1, -0.05) is 18.2 Å². The number of rotatable bonds is 5. The third-order valence-electron chi connectivity index (χ3n) is 4.47. The van der Waals surface area contributed by atoms with Crippen molar-refractivity contribution in [2.75, 3.05) is 17.3 Å². The molecule has 4 nitrogen and oxygen atoms in total. The summed E-state index contributed by atoms with van der Waals surface area (Å²) in [5, 5.41) is 0. The monoisotopic (exact) mass is 363 g/mol. The van der Waals surface area contributed by atoms with Gasteiger partial charge in [0.05, 0.1) is 17.3 Å². The Morgan fingerprint density at radius 1 is 1.25 bits per heavy atom. The van der Waals surface area contributed by atoms with Crippen molar-refractivity contribution in [3.8, 4) is 0 Å². The van der Waals surface area contributed by atoms with Crippen molar-refractivity contribution >= 4 is 27.4 Å². The van der Waals surface area contributed by atoms with Crippen LogP contribution >= 0.6 is 11.8 Å². The van der Waals surface area contributed by atoms with Gasteiger partial charge >= 0.3 is 0 Å². The van der Waals surface area contributed by atoms with Crippen molar-refractivity contribution in [3.05, 3.63) is 53.3 Å². The maximum Gasteiger partial charge on any atom is 0.174 e. The molecule has 1 aliphatic rings. The third kappa shape index (κ3) is 3.59. The van der Waals surface area contributed by atoms with E-state index in [2.05, 4.69) is 0 Å². The van der Waals surface area contributed by atoms with Gasteiger partial charge in [0, 0.05) is 27.9 Å². The number of carbonyl (C=O) groups excluding carboxylic acids is 1. The molecule has 0 N–H and O–H groups in total. The molecule has 1 fully saturated rings. The average Bonchev–Trinajstić information content (AvgIpc) is 3.05. The molecule has 1 atom stereocenters. The molecular weight excluding hydrogens is 342 g/mol. The second-order valence-corrected chi connectivity index (χ2v) is 9.51. The van der Waals surface area contributed by atoms with Crippen LogP contribution in [-0.4, -0.2) is 36.0 Å². The van der Waals surface area contributed by atoms with Crippen molar-refractivity contribution in [2.45, 2.75) is 31.2 Å². The largest absolute Gasteiger partial charge is 0.344 e. The van der Waals surface area contributed by atoms with E-state index in [9.17, 15) is 13.2 Å². The van der Waals surface area contributed by atoms with E-state index in [1.807, 2.05) is 54.8 Å². The summed E-state index contributed by atoms with van der Waals surface area (Å²) in [7, 11) is -2.94. The number of thioether (sulfide) groups is 1. The van der Waals surface area contributed by atoms with Crippen LogP contribution in [0.1, 0.15) is 34.2 Å². The molecule has 0 unspecified atom stereocenters. The highest BCUT2D eigenvalue weighted by molar-refractivity contribution is 8.00. The summed E-state index contributed by atoms with van der Waals surface area (Å²) in [5.74, 6) is 0.888. The minimum absolute atomic E-state index is 0.0432. The number of hydrogen-bond acceptors (Lipinski definition) is 4. The van der Waals surface area contributed by atoms with E-state index in [0.29, 0.717) is 17.7 Å². The normalized spacial score (nSPS) is 19.5. The molecule has 24 heavy (non-hydrogen) atoms. The predicted molar refractivity (Wildman–Crippen MR) is 97.7 cm³/mol. The molecule has 1 saturated heterocycles. The summed E-state index contributed by atoms with van der Waals surface area (Å²) in [4.78, 5) is 13.7. The molecule has 1 aliphatic heterocycles. The van der Waals surface area contributed by atoms with Gasteiger partial charge in [0.2, 0.25) is 0 Å². The quantitative estimate of drug-likeness (QED) is 0.603. The molecule has 128 valence electrons. The maximum atomic E-state index is 12.6. The lowest BCUT2D eigenvalue weighted by atomic mass is 10.2. The van der Waals surface area contributed by atoms with E-state index in [4.69, 9.17) is 0 Å². The van der Waals surface area contributed by atoms with Crippen molar-refractivity contribution in [1.82, 2.24) is 4.57 Å². The lowest BCUT2D eigenvalue weighted by Crippen LogP contribution is -2.14. The minimum Gasteiger partial charge on any atom is -0.344 e. The zero-order valence-corrected chi connectivity index (χ0v) is 15.5. The van der Waals surface area contributed by atoms with E-state index in [1.54, 1.807) is 0 Å². The molecule has 0 bridgehead atoms. The van der Waals surface area contributed by atoms with Crippen molar-refractivity contribution < 1.29 is 13.2 Å². The Bertz CT molecular complexity index is 854. The zero-order chi connectivity index (χ0) is 17.3. The van der Waals surface area contributed by atoms with E-state index < -0.39 is 9.84 Å². The predicted octanol–water partition coefficient (Wildman–Crippen LogP) is 3.44. The van der Waals surface area contributed by atoms with Crippen LogP contribution in [-0.2, 0) is 9.84 Å². The summed E-state index contributed by atoms with van der Waals surface area (Å²) >= 11 is 1.52. The van der Waals surface area contributed by atoms with E-state index >= 15 is 0 Å². The summed E-state index contributed by atoms with van der Waals surface area (Å²) in [6, 6.07) is 11.7. The molecule has 6 heteroatoms. The van der Waals surface area contributed by atoms with Gasteiger partial charge in [-0.15, -0.1) is 11.8 Å². The van der Waals surface area contributed by atoms with Crippen LogP contribution in [0.25, 0.3) is 0 Å². The molecule has 0 amide bonds. The summed E-state index contributed by atoms with van der Waals surface area (Å²) in [6.45, 7) is 3.86. The van der Waals surface area contributed by atoms with E-state index in [-0.39, 0.29) is 23.3 Å². The topological polar surface area (TPSA) is 56.1 Å². The van der Waals surface area contributed by atoms with Gasteiger partial charge in [-0.3, -0.25) is 4.79 Å². The number of sulfone groups is 1. The average molecular weight is 364 g/mol. The van der Waals surface area contributed by atoms with Crippen LogP contribution in [0.4, 0.5) is 0 Å². The van der Waals surface area contributed by atoms with E-state index in [1.165, 1.54) is 11.8 Å². The first-order valence-electron chi connectivity index (χ1n) is 7.97. The third-order valence-corrected chi connectivity index (χ3v) is 7.23. The van der Waals surface area contributed by atoms with E-state index in [0.717, 1.165) is 16.3 Å². The zero-order valence-electron chi connectivity index (χ0n) is 13.9. The van der Waals surface area contributed by atoms with Gasteiger partial charge in [0.25, 0.3) is 0 Å². The van der Waals surface area contributed by atoms with Crippen molar-refractivity contribution in [2.24, 2.45) is 0 Å². The Morgan fingerprint density at radius 3 is 2.58 bits per heavy atom. The fourth-order valence-electron chi connectivity index (χ4n) is 3.34. The molecule has 1 aromatic carbocycles. The number of benzene rings is 1. The van der Waals surface area contributed by atoms with Gasteiger partial charge in [0.15, 0.2) is 15.6 Å². The first-order chi connectivity index (χ1) is 11.4. The number of aryl methyl sites for hydroxylation is 1. The molecule has 0 radical (unpaired) electrons. The molecule has 0 saturated carbocycles. The Labute approximate surface area is 147 Å². The number of carbonyl (C=O) groups is 1. The standard InChI is InChI=1S/C18H21NO3S2/c1-13-10-17(18(20)11-23-16-6-4-3-5-7-16)14(2)19(13)15-8-9-24(21,22)12-15/h3-7,10,15H,8-9,11-12H2,1-2H3/t15-/m0/s1. The molecular formula is C18H21NO3S2. The van der Waals surface area contributed by atoms with Crippen LogP contribution in [0.2, 0.25) is 0 Å². The number of ketones is 1. The molecule has 3 rings (SSSR count). The highest BCUT2D eigenvalue weighted by Gasteiger charge is 2.31. The second kappa shape index (κ2) is 6.76. The summed E-state index contributed by atoms with van der Waals surface area (Å²) < 4.78 is 25.5. The summed E-state index contributed by atoms with van der Waals surface area (Å²) in [5.41, 5.74) is 2.55. The Balaban J connectivity index is 1.77. The van der Waals surface area contributed by atoms with Crippen molar-refractivity contribution in [1.29, 1.82) is 0 Å².